The molecule has 0 aliphatic heterocycles. The molecule has 0 spiro atoms. The van der Waals surface area contributed by atoms with Crippen LogP contribution in [0.5, 0.6) is 0 Å². The molecule has 1 aromatic heterocycles. The van der Waals surface area contributed by atoms with Crippen molar-refractivity contribution in [3.63, 3.8) is 0 Å². The highest BCUT2D eigenvalue weighted by molar-refractivity contribution is 6.33. The number of nitrogens with zero attached hydrogens (tertiary/aromatic N) is 3. The van der Waals surface area contributed by atoms with Crippen LogP contribution in [0.15, 0.2) is 41.8 Å². The topological polar surface area (TPSA) is 59.3 Å². The molecule has 0 saturated heterocycles. The molecule has 2 rings (SSSR count). The van der Waals surface area contributed by atoms with Gasteiger partial charge in [-0.2, -0.15) is 5.10 Å². The summed E-state index contributed by atoms with van der Waals surface area (Å²) in [7, 11) is 0. The van der Waals surface area contributed by atoms with Gasteiger partial charge in [0.05, 0.1) is 6.21 Å². The first-order valence-corrected chi connectivity index (χ1v) is 6.09. The third-order valence-electron chi connectivity index (χ3n) is 2.54. The molecule has 2 aromatic rings. The summed E-state index contributed by atoms with van der Waals surface area (Å²) < 4.78 is 1.74. The van der Waals surface area contributed by atoms with E-state index in [9.17, 15) is 4.79 Å². The number of hydrogen-bond acceptors (Lipinski definition) is 3. The number of carbonyl (C=O) groups is 1. The zero-order chi connectivity index (χ0) is 13.7. The summed E-state index contributed by atoms with van der Waals surface area (Å²) in [5.74, 6) is 0.564. The molecule has 5 nitrogen and oxygen atoms in total. The third-order valence-corrected chi connectivity index (χ3v) is 2.88. The average Bonchev–Trinajstić information content (AvgIpc) is 2.77. The van der Waals surface area contributed by atoms with E-state index in [4.69, 9.17) is 11.6 Å². The van der Waals surface area contributed by atoms with E-state index in [-0.39, 0.29) is 12.5 Å². The fourth-order valence-corrected chi connectivity index (χ4v) is 1.70. The minimum absolute atomic E-state index is 0.186. The number of hydrazone groups is 1. The Balaban J connectivity index is 1.91. The first kappa shape index (κ1) is 13.3. The Morgan fingerprint density at radius 3 is 3.00 bits per heavy atom. The molecule has 1 heterocycles. The molecule has 98 valence electrons. The number of aryl methyl sites for hydroxylation is 1. The van der Waals surface area contributed by atoms with Crippen LogP contribution in [0.25, 0.3) is 0 Å². The summed E-state index contributed by atoms with van der Waals surface area (Å²) in [4.78, 5) is 15.7. The van der Waals surface area contributed by atoms with Gasteiger partial charge in [0.1, 0.15) is 12.4 Å². The number of benzene rings is 1. The number of nitrogens with one attached hydrogen (secondary N) is 1. The van der Waals surface area contributed by atoms with Crippen molar-refractivity contribution in [2.75, 3.05) is 0 Å². The van der Waals surface area contributed by atoms with Crippen molar-refractivity contribution in [3.8, 4) is 0 Å². The standard InChI is InChI=1S/C13H13ClN4O/c1-10-15-6-7-18(10)9-13(19)17-16-8-11-4-2-3-5-12(11)14/h2-8H,9H2,1H3,(H,17,19). The summed E-state index contributed by atoms with van der Waals surface area (Å²) in [5, 5.41) is 4.46. The van der Waals surface area contributed by atoms with E-state index in [1.54, 1.807) is 23.0 Å². The molecule has 6 heteroatoms. The van der Waals surface area contributed by atoms with Crippen molar-refractivity contribution < 1.29 is 4.79 Å². The van der Waals surface area contributed by atoms with E-state index in [2.05, 4.69) is 15.5 Å². The number of aromatic nitrogens is 2. The maximum absolute atomic E-state index is 11.6. The van der Waals surface area contributed by atoms with Gasteiger partial charge < -0.3 is 4.57 Å². The van der Waals surface area contributed by atoms with Crippen LogP contribution in [0.4, 0.5) is 0 Å². The van der Waals surface area contributed by atoms with Crippen molar-refractivity contribution in [1.29, 1.82) is 0 Å². The number of amides is 1. The molecule has 1 aromatic carbocycles. The second kappa shape index (κ2) is 6.15. The van der Waals surface area contributed by atoms with Crippen LogP contribution in [0.1, 0.15) is 11.4 Å². The Morgan fingerprint density at radius 1 is 1.53 bits per heavy atom. The van der Waals surface area contributed by atoms with Crippen molar-refractivity contribution in [2.45, 2.75) is 13.5 Å². The van der Waals surface area contributed by atoms with Gasteiger partial charge in [-0.3, -0.25) is 4.79 Å². The summed E-state index contributed by atoms with van der Waals surface area (Å²) >= 11 is 5.96. The monoisotopic (exact) mass is 276 g/mol. The van der Waals surface area contributed by atoms with E-state index in [0.717, 1.165) is 11.4 Å². The number of imidazole rings is 1. The highest BCUT2D eigenvalue weighted by Crippen LogP contribution is 2.11. The average molecular weight is 277 g/mol. The fourth-order valence-electron chi connectivity index (χ4n) is 1.51. The van der Waals surface area contributed by atoms with E-state index < -0.39 is 0 Å². The van der Waals surface area contributed by atoms with Gasteiger partial charge in [-0.1, -0.05) is 29.8 Å². The van der Waals surface area contributed by atoms with E-state index in [1.807, 2.05) is 25.1 Å². The van der Waals surface area contributed by atoms with Gasteiger partial charge in [0, 0.05) is 23.0 Å². The lowest BCUT2D eigenvalue weighted by Crippen LogP contribution is -2.23. The van der Waals surface area contributed by atoms with Crippen LogP contribution in [0.2, 0.25) is 5.02 Å². The zero-order valence-corrected chi connectivity index (χ0v) is 11.1. The van der Waals surface area contributed by atoms with Gasteiger partial charge in [0.15, 0.2) is 0 Å². The van der Waals surface area contributed by atoms with Crippen LogP contribution in [0.3, 0.4) is 0 Å². The molecular formula is C13H13ClN4O. The van der Waals surface area contributed by atoms with Gasteiger partial charge in [0.25, 0.3) is 5.91 Å². The Bertz CT molecular complexity index is 606. The maximum atomic E-state index is 11.6. The Hall–Kier alpha value is -2.14. The van der Waals surface area contributed by atoms with Gasteiger partial charge in [-0.25, -0.2) is 10.4 Å². The lowest BCUT2D eigenvalue weighted by Gasteiger charge is -2.03. The summed E-state index contributed by atoms with van der Waals surface area (Å²) in [6.45, 7) is 2.02. The van der Waals surface area contributed by atoms with Crippen LogP contribution >= 0.6 is 11.6 Å². The summed E-state index contributed by atoms with van der Waals surface area (Å²) in [6, 6.07) is 7.27. The minimum atomic E-state index is -0.218. The summed E-state index contributed by atoms with van der Waals surface area (Å²) in [6.07, 6.45) is 4.91. The SMILES string of the molecule is Cc1nccn1CC(=O)NN=Cc1ccccc1Cl. The van der Waals surface area contributed by atoms with Crippen molar-refractivity contribution in [3.05, 3.63) is 53.1 Å². The van der Waals surface area contributed by atoms with Gasteiger partial charge in [0.2, 0.25) is 0 Å². The lowest BCUT2D eigenvalue weighted by molar-refractivity contribution is -0.121. The predicted molar refractivity (Wildman–Crippen MR) is 74.2 cm³/mol. The number of hydrogen-bond donors (Lipinski definition) is 1. The first-order chi connectivity index (χ1) is 9.16. The highest BCUT2D eigenvalue weighted by atomic mass is 35.5. The molecular weight excluding hydrogens is 264 g/mol. The third kappa shape index (κ3) is 3.66. The molecule has 0 fully saturated rings. The second-order valence-corrected chi connectivity index (χ2v) is 4.32. The molecule has 0 atom stereocenters. The van der Waals surface area contributed by atoms with Crippen molar-refractivity contribution >= 4 is 23.7 Å². The minimum Gasteiger partial charge on any atom is -0.326 e. The Kier molecular flexibility index (Phi) is 4.30. The molecule has 0 unspecified atom stereocenters. The van der Waals surface area contributed by atoms with Crippen molar-refractivity contribution in [2.24, 2.45) is 5.10 Å². The fraction of sp³-hybridized carbons (Fsp3) is 0.154. The number of carbonyl (C=O) groups excluding carboxylic acids is 1. The molecule has 0 aliphatic carbocycles. The van der Waals surface area contributed by atoms with E-state index in [1.165, 1.54) is 6.21 Å². The smallest absolute Gasteiger partial charge is 0.260 e. The van der Waals surface area contributed by atoms with Gasteiger partial charge in [-0.05, 0) is 13.0 Å². The normalized spacial score (nSPS) is 10.8. The van der Waals surface area contributed by atoms with E-state index >= 15 is 0 Å². The summed E-state index contributed by atoms with van der Waals surface area (Å²) in [5.41, 5.74) is 3.20. The van der Waals surface area contributed by atoms with Gasteiger partial charge >= 0.3 is 0 Å². The van der Waals surface area contributed by atoms with Crippen LogP contribution in [0, 0.1) is 6.92 Å². The Labute approximate surface area is 115 Å². The second-order valence-electron chi connectivity index (χ2n) is 3.92. The number of rotatable bonds is 4. The highest BCUT2D eigenvalue weighted by Gasteiger charge is 2.03. The molecule has 1 amide bonds. The molecule has 1 N–H and O–H groups in total. The lowest BCUT2D eigenvalue weighted by atomic mass is 10.2. The van der Waals surface area contributed by atoms with Crippen LogP contribution in [-0.4, -0.2) is 21.7 Å². The van der Waals surface area contributed by atoms with Crippen molar-refractivity contribution in [1.82, 2.24) is 15.0 Å². The van der Waals surface area contributed by atoms with Gasteiger partial charge in [-0.15, -0.1) is 0 Å². The molecule has 19 heavy (non-hydrogen) atoms. The van der Waals surface area contributed by atoms with Crippen LogP contribution in [-0.2, 0) is 11.3 Å². The van der Waals surface area contributed by atoms with Crippen LogP contribution < -0.4 is 5.43 Å². The molecule has 0 radical (unpaired) electrons. The molecule has 0 saturated carbocycles. The zero-order valence-electron chi connectivity index (χ0n) is 10.4. The largest absolute Gasteiger partial charge is 0.326 e. The maximum Gasteiger partial charge on any atom is 0.260 e. The molecule has 0 bridgehead atoms. The Morgan fingerprint density at radius 2 is 2.32 bits per heavy atom. The number of halogens is 1. The van der Waals surface area contributed by atoms with E-state index in [0.29, 0.717) is 5.02 Å². The molecule has 0 aliphatic rings. The first-order valence-electron chi connectivity index (χ1n) is 5.71. The predicted octanol–water partition coefficient (Wildman–Crippen LogP) is 2.00. The quantitative estimate of drug-likeness (QED) is 0.686.